The van der Waals surface area contributed by atoms with Crippen molar-refractivity contribution in [3.05, 3.63) is 0 Å². The van der Waals surface area contributed by atoms with Crippen LogP contribution >= 0.6 is 16.1 Å². The summed E-state index contributed by atoms with van der Waals surface area (Å²) in [5, 5.41) is 0. The van der Waals surface area contributed by atoms with E-state index in [0.29, 0.717) is 0 Å². The van der Waals surface area contributed by atoms with Gasteiger partial charge in [-0.05, 0) is 6.92 Å². The average molecular weight is 170 g/mol. The zero-order chi connectivity index (χ0) is 7.33. The van der Waals surface area contributed by atoms with Crippen LogP contribution in [-0.2, 0) is 13.7 Å². The standard InChI is InChI=1S/C3H8O4P2/c1-2-7-9(5,6)3-8-4/h2-3H2,1H3,(H,5,6). The zero-order valence-electron chi connectivity index (χ0n) is 4.98. The molecule has 54 valence electrons. The molecule has 0 saturated heterocycles. The predicted molar refractivity (Wildman–Crippen MR) is 33.9 cm³/mol. The van der Waals surface area contributed by atoms with Crippen molar-refractivity contribution >= 4 is 16.1 Å². The second kappa shape index (κ2) is 4.13. The van der Waals surface area contributed by atoms with Crippen LogP contribution in [0.5, 0.6) is 0 Å². The smallest absolute Gasteiger partial charge is 0.324 e. The molecule has 1 N–H and O–H groups in total. The Morgan fingerprint density at radius 3 is 2.67 bits per heavy atom. The van der Waals surface area contributed by atoms with Crippen LogP contribution in [0.1, 0.15) is 6.92 Å². The van der Waals surface area contributed by atoms with E-state index in [4.69, 9.17) is 4.89 Å². The molecule has 0 spiro atoms. The highest BCUT2D eigenvalue weighted by Gasteiger charge is 2.17. The van der Waals surface area contributed by atoms with Crippen molar-refractivity contribution < 1.29 is 18.5 Å². The lowest BCUT2D eigenvalue weighted by Crippen LogP contribution is -1.88. The van der Waals surface area contributed by atoms with Crippen LogP contribution < -0.4 is 0 Å². The molecule has 4 nitrogen and oxygen atoms in total. The fourth-order valence-electron chi connectivity index (χ4n) is 0.316. The van der Waals surface area contributed by atoms with Gasteiger partial charge in [0.25, 0.3) is 0 Å². The SMILES string of the molecule is CCOP(=O)(O)CP=O. The first kappa shape index (κ1) is 9.25. The van der Waals surface area contributed by atoms with Gasteiger partial charge in [0, 0.05) is 0 Å². The Morgan fingerprint density at radius 2 is 2.33 bits per heavy atom. The van der Waals surface area contributed by atoms with E-state index in [9.17, 15) is 9.13 Å². The highest BCUT2D eigenvalue weighted by molar-refractivity contribution is 7.61. The number of rotatable bonds is 4. The van der Waals surface area contributed by atoms with Crippen LogP contribution in [0.4, 0.5) is 0 Å². The van der Waals surface area contributed by atoms with Gasteiger partial charge in [-0.1, -0.05) is 0 Å². The van der Waals surface area contributed by atoms with Gasteiger partial charge in [-0.3, -0.25) is 9.13 Å². The Labute approximate surface area is 55.0 Å². The Morgan fingerprint density at radius 1 is 1.78 bits per heavy atom. The summed E-state index contributed by atoms with van der Waals surface area (Å²) in [6.45, 7) is 1.77. The average Bonchev–Trinajstić information content (AvgIpc) is 1.64. The van der Waals surface area contributed by atoms with E-state index in [-0.39, 0.29) is 21.0 Å². The summed E-state index contributed by atoms with van der Waals surface area (Å²) in [6, 6.07) is 0. The third-order valence-corrected chi connectivity index (χ3v) is 3.12. The number of hydrogen-bond donors (Lipinski definition) is 1. The van der Waals surface area contributed by atoms with Gasteiger partial charge in [0.1, 0.15) is 5.90 Å². The maximum absolute atomic E-state index is 10.5. The first-order valence-electron chi connectivity index (χ1n) is 2.38. The summed E-state index contributed by atoms with van der Waals surface area (Å²) in [4.78, 5) is 8.64. The maximum atomic E-state index is 10.5. The Kier molecular flexibility index (Phi) is 4.24. The Balaban J connectivity index is 3.71. The normalized spacial score (nSPS) is 17.6. The molecule has 0 aromatic heterocycles. The van der Waals surface area contributed by atoms with Crippen LogP contribution in [0.3, 0.4) is 0 Å². The van der Waals surface area contributed by atoms with E-state index in [2.05, 4.69) is 4.52 Å². The summed E-state index contributed by atoms with van der Waals surface area (Å²) in [5.41, 5.74) is 0. The second-order valence-electron chi connectivity index (χ2n) is 1.33. The van der Waals surface area contributed by atoms with E-state index in [0.717, 1.165) is 0 Å². The van der Waals surface area contributed by atoms with Crippen LogP contribution in [0, 0.1) is 0 Å². The Hall–Kier alpha value is 0.250. The van der Waals surface area contributed by atoms with Crippen molar-refractivity contribution in [2.45, 2.75) is 6.92 Å². The molecule has 0 aromatic rings. The van der Waals surface area contributed by atoms with Gasteiger partial charge in [-0.25, -0.2) is 0 Å². The van der Waals surface area contributed by atoms with E-state index in [1.807, 2.05) is 0 Å². The van der Waals surface area contributed by atoms with Crippen molar-refractivity contribution in [2.24, 2.45) is 0 Å². The molecular formula is C3H8O4P2. The molecule has 0 amide bonds. The summed E-state index contributed by atoms with van der Waals surface area (Å²) in [5.74, 6) is -0.319. The summed E-state index contributed by atoms with van der Waals surface area (Å²) >= 11 is 0. The topological polar surface area (TPSA) is 63.6 Å². The fraction of sp³-hybridized carbons (Fsp3) is 1.00. The van der Waals surface area contributed by atoms with Gasteiger partial charge in [-0.2, -0.15) is 0 Å². The van der Waals surface area contributed by atoms with Crippen LogP contribution in [0.25, 0.3) is 0 Å². The van der Waals surface area contributed by atoms with Gasteiger partial charge in [0.2, 0.25) is 0 Å². The highest BCUT2D eigenvalue weighted by Crippen LogP contribution is 2.44. The molecule has 0 radical (unpaired) electrons. The lowest BCUT2D eigenvalue weighted by molar-refractivity contribution is 0.278. The first-order valence-corrected chi connectivity index (χ1v) is 5.14. The lowest BCUT2D eigenvalue weighted by Gasteiger charge is -2.04. The van der Waals surface area contributed by atoms with Crippen molar-refractivity contribution in [1.29, 1.82) is 0 Å². The predicted octanol–water partition coefficient (Wildman–Crippen LogP) is 1.46. The molecule has 0 aliphatic rings. The van der Waals surface area contributed by atoms with Gasteiger partial charge in [0.15, 0.2) is 8.46 Å². The van der Waals surface area contributed by atoms with Crippen LogP contribution in [0.15, 0.2) is 0 Å². The molecule has 0 aliphatic heterocycles. The molecule has 9 heavy (non-hydrogen) atoms. The highest BCUT2D eigenvalue weighted by atomic mass is 31.2. The van der Waals surface area contributed by atoms with Crippen LogP contribution in [-0.4, -0.2) is 17.4 Å². The van der Waals surface area contributed by atoms with Gasteiger partial charge in [-0.15, -0.1) is 0 Å². The molecule has 0 aliphatic carbocycles. The van der Waals surface area contributed by atoms with Gasteiger partial charge in [0.05, 0.1) is 6.61 Å². The maximum Gasteiger partial charge on any atom is 0.339 e. The molecule has 0 rings (SSSR count). The summed E-state index contributed by atoms with van der Waals surface area (Å²) < 4.78 is 24.7. The van der Waals surface area contributed by atoms with E-state index >= 15 is 0 Å². The Bertz CT molecular complexity index is 134. The van der Waals surface area contributed by atoms with E-state index < -0.39 is 7.60 Å². The molecule has 6 heteroatoms. The van der Waals surface area contributed by atoms with E-state index in [1.54, 1.807) is 6.92 Å². The lowest BCUT2D eigenvalue weighted by atomic mass is 10.9. The minimum absolute atomic E-state index is 0.170. The second-order valence-corrected chi connectivity index (χ2v) is 4.25. The van der Waals surface area contributed by atoms with Gasteiger partial charge < -0.3 is 9.42 Å². The first-order chi connectivity index (χ1) is 4.12. The van der Waals surface area contributed by atoms with Crippen LogP contribution in [0.2, 0.25) is 0 Å². The molecular weight excluding hydrogens is 162 g/mol. The molecule has 1 atom stereocenters. The van der Waals surface area contributed by atoms with Crippen molar-refractivity contribution in [1.82, 2.24) is 0 Å². The van der Waals surface area contributed by atoms with Gasteiger partial charge >= 0.3 is 7.60 Å². The van der Waals surface area contributed by atoms with Crippen molar-refractivity contribution in [2.75, 3.05) is 12.5 Å². The molecule has 0 aromatic carbocycles. The largest absolute Gasteiger partial charge is 0.339 e. The third kappa shape index (κ3) is 4.73. The summed E-state index contributed by atoms with van der Waals surface area (Å²) in [7, 11) is -3.87. The van der Waals surface area contributed by atoms with Crippen molar-refractivity contribution in [3.63, 3.8) is 0 Å². The fourth-order valence-corrected chi connectivity index (χ4v) is 1.63. The van der Waals surface area contributed by atoms with Crippen molar-refractivity contribution in [3.8, 4) is 0 Å². The van der Waals surface area contributed by atoms with E-state index in [1.165, 1.54) is 0 Å². The summed E-state index contributed by atoms with van der Waals surface area (Å²) in [6.07, 6.45) is 0. The molecule has 1 unspecified atom stereocenters. The monoisotopic (exact) mass is 170 g/mol. The number of hydrogen-bond acceptors (Lipinski definition) is 3. The molecule has 0 heterocycles. The molecule has 0 saturated carbocycles. The quantitative estimate of drug-likeness (QED) is 0.648. The third-order valence-electron chi connectivity index (χ3n) is 0.567. The molecule has 0 bridgehead atoms. The minimum atomic E-state index is -3.52. The minimum Gasteiger partial charge on any atom is -0.324 e. The zero-order valence-corrected chi connectivity index (χ0v) is 6.77. The molecule has 0 fully saturated rings.